The summed E-state index contributed by atoms with van der Waals surface area (Å²) in [4.78, 5) is 19.4. The number of carbonyl (C=O) groups excluding carboxylic acids is 1. The van der Waals surface area contributed by atoms with E-state index in [2.05, 4.69) is 62.8 Å². The second-order valence-electron chi connectivity index (χ2n) is 15.6. The Balaban J connectivity index is 0.846. The third-order valence-corrected chi connectivity index (χ3v) is 18.3. The van der Waals surface area contributed by atoms with Gasteiger partial charge in [0.05, 0.1) is 36.8 Å². The third kappa shape index (κ3) is 8.61. The molecule has 0 atom stereocenters. The Bertz CT molecular complexity index is 2870. The average Bonchev–Trinajstić information content (AvgIpc) is 4.09. The molecule has 60 heavy (non-hydrogen) atoms. The molecule has 6 aromatic heterocycles. The fraction of sp³-hybridized carbons (Fsp3) is 0.326. The van der Waals surface area contributed by atoms with Crippen molar-refractivity contribution in [2.24, 2.45) is 8.73 Å². The van der Waals surface area contributed by atoms with Crippen LogP contribution in [0.1, 0.15) is 98.9 Å². The molecule has 308 valence electrons. The fourth-order valence-electron chi connectivity index (χ4n) is 7.41. The zero-order valence-corrected chi connectivity index (χ0v) is 39.7. The predicted molar refractivity (Wildman–Crippen MR) is 262 cm³/mol. The smallest absolute Gasteiger partial charge is 0.330 e. The topological polar surface area (TPSA) is 86.0 Å². The quantitative estimate of drug-likeness (QED) is 0.0516. The summed E-state index contributed by atoms with van der Waals surface area (Å²) >= 11 is 12.0. The number of aryl methyl sites for hydroxylation is 1. The average molecular weight is 925 g/mol. The van der Waals surface area contributed by atoms with E-state index < -0.39 is 0 Å². The van der Waals surface area contributed by atoms with Gasteiger partial charge in [0.2, 0.25) is 0 Å². The van der Waals surface area contributed by atoms with Gasteiger partial charge in [0.25, 0.3) is 0 Å². The van der Waals surface area contributed by atoms with Crippen LogP contribution in [0, 0.1) is 0 Å². The molecular weight excluding hydrogens is 881 g/mol. The number of aromatic nitrogens is 2. The lowest BCUT2D eigenvalue weighted by Gasteiger charge is -2.09. The molecule has 9 rings (SSSR count). The van der Waals surface area contributed by atoms with Crippen molar-refractivity contribution < 1.29 is 14.3 Å². The Kier molecular flexibility index (Phi) is 12.6. The zero-order valence-electron chi connectivity index (χ0n) is 34.0. The molecule has 0 aliphatic carbocycles. The SMILES string of the molecule is COC(=O)/C=C/c1ccc(OCCCCCCCCc2cc(C(C)C)sc2-c2cc3sc(-c4c5c(c(-c6cc7sc(C(C)C)cc7s6)c6nsnc46)N=S=N5)cc3s2)cc1. The maximum absolute atomic E-state index is 11.3. The standard InChI is InChI=1S/C46H44N4O3S7/c1-25(2)30-20-28(12-10-8-6-7-9-11-19-53-29-16-13-27(14-17-29)15-18-39(51)52-5)46(58-30)38-24-35-34(57-38)23-37(56-35)41-44-42(47-59-49-44)40(43-45(41)50-60-48-43)36-22-33-32(55-36)21-31(54-33)26(3)4/h13-18,20-26H,6-12,19H2,1-5H3/b18-15+. The molecule has 0 saturated carbocycles. The second kappa shape index (κ2) is 18.2. The highest BCUT2D eigenvalue weighted by molar-refractivity contribution is 7.58. The lowest BCUT2D eigenvalue weighted by Crippen LogP contribution is -1.97. The van der Waals surface area contributed by atoms with Crippen molar-refractivity contribution in [3.05, 3.63) is 81.6 Å². The highest BCUT2D eigenvalue weighted by Crippen LogP contribution is 2.56. The number of esters is 1. The molecule has 8 aromatic rings. The monoisotopic (exact) mass is 924 g/mol. The minimum atomic E-state index is -0.361. The van der Waals surface area contributed by atoms with Gasteiger partial charge in [0.15, 0.2) is 0 Å². The summed E-state index contributed by atoms with van der Waals surface area (Å²) in [5, 5.41) is 0. The normalized spacial score (nSPS) is 12.7. The van der Waals surface area contributed by atoms with Crippen molar-refractivity contribution in [2.45, 2.75) is 84.5 Å². The molecule has 0 fully saturated rings. The van der Waals surface area contributed by atoms with Crippen LogP contribution >= 0.6 is 68.4 Å². The molecule has 0 bridgehead atoms. The number of ether oxygens (including phenoxy) is 2. The Morgan fingerprint density at radius 1 is 0.667 bits per heavy atom. The van der Waals surface area contributed by atoms with Crippen molar-refractivity contribution in [3.8, 4) is 36.4 Å². The molecule has 0 radical (unpaired) electrons. The molecule has 2 aromatic carbocycles. The van der Waals surface area contributed by atoms with Gasteiger partial charge in [-0.2, -0.15) is 17.5 Å². The molecule has 14 heteroatoms. The van der Waals surface area contributed by atoms with Crippen LogP contribution in [0.3, 0.4) is 0 Å². The number of fused-ring (bicyclic) bond motifs is 4. The number of rotatable bonds is 17. The first-order chi connectivity index (χ1) is 29.2. The minimum absolute atomic E-state index is 0.361. The number of hydrogen-bond donors (Lipinski definition) is 0. The van der Waals surface area contributed by atoms with Crippen molar-refractivity contribution in [3.63, 3.8) is 0 Å². The number of unbranched alkanes of at least 4 members (excludes halogenated alkanes) is 5. The van der Waals surface area contributed by atoms with Crippen molar-refractivity contribution >= 4 is 133 Å². The van der Waals surface area contributed by atoms with Crippen LogP contribution in [0.2, 0.25) is 0 Å². The van der Waals surface area contributed by atoms with Gasteiger partial charge in [0, 0.05) is 65.3 Å². The molecule has 1 aliphatic heterocycles. The van der Waals surface area contributed by atoms with E-state index in [1.54, 1.807) is 6.08 Å². The molecule has 7 heterocycles. The van der Waals surface area contributed by atoms with Gasteiger partial charge in [-0.15, -0.1) is 56.7 Å². The first-order valence-electron chi connectivity index (χ1n) is 20.3. The van der Waals surface area contributed by atoms with Crippen LogP contribution < -0.4 is 4.74 Å². The third-order valence-electron chi connectivity index (χ3n) is 10.6. The van der Waals surface area contributed by atoms with E-state index in [0.717, 1.165) is 57.7 Å². The van der Waals surface area contributed by atoms with E-state index in [-0.39, 0.29) is 5.97 Å². The van der Waals surface area contributed by atoms with Crippen molar-refractivity contribution in [2.75, 3.05) is 13.7 Å². The maximum Gasteiger partial charge on any atom is 0.330 e. The van der Waals surface area contributed by atoms with E-state index in [4.69, 9.17) is 22.2 Å². The summed E-state index contributed by atoms with van der Waals surface area (Å²) < 4.78 is 35.4. The number of nitrogens with zero attached hydrogens (tertiary/aromatic N) is 4. The number of hydrogen-bond acceptors (Lipinski definition) is 13. The summed E-state index contributed by atoms with van der Waals surface area (Å²) in [5.41, 5.74) is 8.26. The minimum Gasteiger partial charge on any atom is -0.494 e. The predicted octanol–water partition coefficient (Wildman–Crippen LogP) is 16.4. The molecule has 0 unspecified atom stereocenters. The highest BCUT2D eigenvalue weighted by Gasteiger charge is 2.29. The lowest BCUT2D eigenvalue weighted by atomic mass is 10.0. The van der Waals surface area contributed by atoms with Gasteiger partial charge in [0.1, 0.15) is 28.2 Å². The van der Waals surface area contributed by atoms with E-state index in [0.29, 0.717) is 18.4 Å². The molecule has 7 nitrogen and oxygen atoms in total. The maximum atomic E-state index is 11.3. The van der Waals surface area contributed by atoms with Crippen LogP contribution in [0.15, 0.2) is 69.4 Å². The second-order valence-corrected chi connectivity index (χ2v) is 22.1. The number of carbonyl (C=O) groups is 1. The van der Waals surface area contributed by atoms with Gasteiger partial charge < -0.3 is 9.47 Å². The van der Waals surface area contributed by atoms with Gasteiger partial charge in [-0.3, -0.25) is 0 Å². The van der Waals surface area contributed by atoms with Gasteiger partial charge in [-0.25, -0.2) is 4.79 Å². The largest absolute Gasteiger partial charge is 0.494 e. The van der Waals surface area contributed by atoms with Crippen LogP contribution in [-0.2, 0) is 27.3 Å². The van der Waals surface area contributed by atoms with Crippen LogP contribution in [0.4, 0.5) is 11.4 Å². The van der Waals surface area contributed by atoms with E-state index in [1.165, 1.54) is 122 Å². The Hall–Kier alpha value is -3.89. The molecule has 1 aliphatic rings. The van der Waals surface area contributed by atoms with Crippen LogP contribution in [0.5, 0.6) is 5.75 Å². The molecule has 0 N–H and O–H groups in total. The lowest BCUT2D eigenvalue weighted by molar-refractivity contribution is -0.134. The van der Waals surface area contributed by atoms with E-state index in [1.807, 2.05) is 80.9 Å². The Labute approximate surface area is 378 Å². The summed E-state index contributed by atoms with van der Waals surface area (Å²) in [6.07, 6.45) is 11.4. The van der Waals surface area contributed by atoms with Crippen LogP contribution in [0.25, 0.3) is 66.5 Å². The molecule has 0 amide bonds. The van der Waals surface area contributed by atoms with Gasteiger partial charge in [-0.1, -0.05) is 65.5 Å². The highest BCUT2D eigenvalue weighted by atomic mass is 32.1. The summed E-state index contributed by atoms with van der Waals surface area (Å²) in [6.45, 7) is 9.84. The molecular formula is C46H44N4O3S7. The molecule has 0 spiro atoms. The van der Waals surface area contributed by atoms with Crippen molar-refractivity contribution in [1.82, 2.24) is 8.75 Å². The van der Waals surface area contributed by atoms with Gasteiger partial charge in [-0.05, 0) is 90.8 Å². The summed E-state index contributed by atoms with van der Waals surface area (Å²) in [6, 6.07) is 19.7. The van der Waals surface area contributed by atoms with E-state index in [9.17, 15) is 4.79 Å². The number of methoxy groups -OCH3 is 1. The molecule has 0 saturated heterocycles. The van der Waals surface area contributed by atoms with Crippen molar-refractivity contribution in [1.29, 1.82) is 0 Å². The number of benzene rings is 2. The summed E-state index contributed by atoms with van der Waals surface area (Å²) in [5.74, 6) is 1.52. The van der Waals surface area contributed by atoms with E-state index >= 15 is 0 Å². The summed E-state index contributed by atoms with van der Waals surface area (Å²) in [7, 11) is 1.38. The van der Waals surface area contributed by atoms with Crippen LogP contribution in [-0.4, -0.2) is 28.4 Å². The fourth-order valence-corrected chi connectivity index (χ4v) is 14.8. The first-order valence-corrected chi connectivity index (χ1v) is 25.9. The zero-order chi connectivity index (χ0) is 41.3. The van der Waals surface area contributed by atoms with Gasteiger partial charge >= 0.3 is 5.97 Å². The Morgan fingerprint density at radius 2 is 1.23 bits per heavy atom. The Morgan fingerprint density at radius 3 is 1.87 bits per heavy atom. The number of thiophene rings is 5. The first kappa shape index (κ1) is 41.5.